The van der Waals surface area contributed by atoms with Crippen LogP contribution in [-0.2, 0) is 0 Å². The molecule has 2 amide bonds. The van der Waals surface area contributed by atoms with E-state index in [9.17, 15) is 4.79 Å². The van der Waals surface area contributed by atoms with Gasteiger partial charge in [-0.2, -0.15) is 0 Å². The number of benzene rings is 1. The van der Waals surface area contributed by atoms with Crippen molar-refractivity contribution in [1.29, 1.82) is 0 Å². The Morgan fingerprint density at radius 3 is 2.72 bits per heavy atom. The second-order valence-corrected chi connectivity index (χ2v) is 3.75. The third kappa shape index (κ3) is 2.76. The lowest BCUT2D eigenvalue weighted by atomic mass is 10.1. The summed E-state index contributed by atoms with van der Waals surface area (Å²) in [5, 5.41) is 5.22. The number of hydrogen-bond donors (Lipinski definition) is 3. The van der Waals surface area contributed by atoms with Gasteiger partial charge in [0.1, 0.15) is 5.82 Å². The number of aromatic nitrogens is 1. The van der Waals surface area contributed by atoms with Gasteiger partial charge < -0.3 is 16.4 Å². The van der Waals surface area contributed by atoms with Crippen molar-refractivity contribution in [3.63, 3.8) is 0 Å². The number of nitrogen functional groups attached to an aromatic ring is 1. The maximum atomic E-state index is 11.2. The van der Waals surface area contributed by atoms with E-state index in [4.69, 9.17) is 5.73 Å². The van der Waals surface area contributed by atoms with Crippen molar-refractivity contribution in [2.24, 2.45) is 0 Å². The van der Waals surface area contributed by atoms with Crippen molar-refractivity contribution in [3.05, 3.63) is 42.6 Å². The van der Waals surface area contributed by atoms with Gasteiger partial charge >= 0.3 is 6.03 Å². The molecule has 2 rings (SSSR count). The van der Waals surface area contributed by atoms with Crippen LogP contribution in [0, 0.1) is 0 Å². The van der Waals surface area contributed by atoms with Crippen LogP contribution in [0.4, 0.5) is 16.3 Å². The molecule has 0 fully saturated rings. The molecule has 1 aromatic heterocycles. The average molecular weight is 242 g/mol. The van der Waals surface area contributed by atoms with E-state index >= 15 is 0 Å². The van der Waals surface area contributed by atoms with Crippen molar-refractivity contribution < 1.29 is 4.79 Å². The SMILES string of the molecule is CNC(=O)Nc1cccc(-c2ccnc(N)c2)c1. The lowest BCUT2D eigenvalue weighted by molar-refractivity contribution is 0.254. The first kappa shape index (κ1) is 11.9. The van der Waals surface area contributed by atoms with Crippen LogP contribution in [0.1, 0.15) is 0 Å². The predicted molar refractivity (Wildman–Crippen MR) is 72.2 cm³/mol. The second kappa shape index (κ2) is 5.18. The third-order valence-electron chi connectivity index (χ3n) is 2.46. The van der Waals surface area contributed by atoms with Crippen LogP contribution in [0.3, 0.4) is 0 Å². The predicted octanol–water partition coefficient (Wildman–Crippen LogP) is 2.08. The van der Waals surface area contributed by atoms with Crippen LogP contribution in [0.25, 0.3) is 11.1 Å². The molecule has 0 saturated heterocycles. The van der Waals surface area contributed by atoms with Crippen LogP contribution < -0.4 is 16.4 Å². The van der Waals surface area contributed by atoms with Crippen molar-refractivity contribution in [2.45, 2.75) is 0 Å². The molecule has 92 valence electrons. The first-order valence-electron chi connectivity index (χ1n) is 5.50. The van der Waals surface area contributed by atoms with Gasteiger partial charge in [0.15, 0.2) is 0 Å². The number of pyridine rings is 1. The molecule has 0 bridgehead atoms. The number of carbonyl (C=O) groups excluding carboxylic acids is 1. The number of carbonyl (C=O) groups is 1. The standard InChI is InChI=1S/C13H14N4O/c1-15-13(18)17-11-4-2-3-9(7-11)10-5-6-16-12(14)8-10/h2-8H,1H3,(H2,14,16)(H2,15,17,18). The topological polar surface area (TPSA) is 80.0 Å². The first-order valence-corrected chi connectivity index (χ1v) is 5.50. The highest BCUT2D eigenvalue weighted by molar-refractivity contribution is 5.89. The molecule has 0 aliphatic rings. The summed E-state index contributed by atoms with van der Waals surface area (Å²) in [5.74, 6) is 0.470. The highest BCUT2D eigenvalue weighted by atomic mass is 16.2. The minimum absolute atomic E-state index is 0.249. The fourth-order valence-electron chi connectivity index (χ4n) is 1.60. The minimum atomic E-state index is -0.249. The summed E-state index contributed by atoms with van der Waals surface area (Å²) in [6, 6.07) is 10.9. The Bertz CT molecular complexity index is 568. The number of amides is 2. The zero-order valence-corrected chi connectivity index (χ0v) is 9.97. The minimum Gasteiger partial charge on any atom is -0.384 e. The fourth-order valence-corrected chi connectivity index (χ4v) is 1.60. The molecule has 5 heteroatoms. The molecule has 4 N–H and O–H groups in total. The van der Waals surface area contributed by atoms with Crippen molar-refractivity contribution in [3.8, 4) is 11.1 Å². The molecule has 1 aromatic carbocycles. The molecule has 0 spiro atoms. The molecule has 1 heterocycles. The highest BCUT2D eigenvalue weighted by Gasteiger charge is 2.02. The normalized spacial score (nSPS) is 9.83. The zero-order chi connectivity index (χ0) is 13.0. The lowest BCUT2D eigenvalue weighted by Gasteiger charge is -2.07. The lowest BCUT2D eigenvalue weighted by Crippen LogP contribution is -2.24. The number of rotatable bonds is 2. The molecule has 0 unspecified atom stereocenters. The van der Waals surface area contributed by atoms with Crippen molar-refractivity contribution in [1.82, 2.24) is 10.3 Å². The van der Waals surface area contributed by atoms with Crippen molar-refractivity contribution >= 4 is 17.5 Å². The number of hydrogen-bond acceptors (Lipinski definition) is 3. The maximum absolute atomic E-state index is 11.2. The number of nitrogens with two attached hydrogens (primary N) is 1. The van der Waals surface area contributed by atoms with Crippen LogP contribution in [0.2, 0.25) is 0 Å². The van der Waals surface area contributed by atoms with E-state index in [1.807, 2.05) is 30.3 Å². The molecule has 18 heavy (non-hydrogen) atoms. The van der Waals surface area contributed by atoms with E-state index in [0.717, 1.165) is 16.8 Å². The Morgan fingerprint density at radius 1 is 1.22 bits per heavy atom. The third-order valence-corrected chi connectivity index (χ3v) is 2.46. The van der Waals surface area contributed by atoms with Gasteiger partial charge in [0, 0.05) is 18.9 Å². The molecule has 5 nitrogen and oxygen atoms in total. The van der Waals surface area contributed by atoms with E-state index in [2.05, 4.69) is 15.6 Å². The van der Waals surface area contributed by atoms with E-state index in [0.29, 0.717) is 5.82 Å². The summed E-state index contributed by atoms with van der Waals surface area (Å²) in [6.45, 7) is 0. The quantitative estimate of drug-likeness (QED) is 0.754. The Morgan fingerprint density at radius 2 is 2.00 bits per heavy atom. The molecular weight excluding hydrogens is 228 g/mol. The van der Waals surface area contributed by atoms with Crippen LogP contribution in [0.5, 0.6) is 0 Å². The highest BCUT2D eigenvalue weighted by Crippen LogP contribution is 2.23. The van der Waals surface area contributed by atoms with Crippen LogP contribution >= 0.6 is 0 Å². The molecule has 2 aromatic rings. The monoisotopic (exact) mass is 242 g/mol. The largest absolute Gasteiger partial charge is 0.384 e. The van der Waals surface area contributed by atoms with Gasteiger partial charge in [0.05, 0.1) is 0 Å². The number of nitrogens with zero attached hydrogens (tertiary/aromatic N) is 1. The Balaban J connectivity index is 2.29. The molecule has 0 saturated carbocycles. The van der Waals surface area contributed by atoms with Crippen LogP contribution in [0.15, 0.2) is 42.6 Å². The van der Waals surface area contributed by atoms with Crippen LogP contribution in [-0.4, -0.2) is 18.1 Å². The Labute approximate surface area is 105 Å². The molecule has 0 aliphatic carbocycles. The smallest absolute Gasteiger partial charge is 0.318 e. The Hall–Kier alpha value is -2.56. The summed E-state index contributed by atoms with van der Waals surface area (Å²) in [4.78, 5) is 15.2. The molecule has 0 radical (unpaired) electrons. The van der Waals surface area contributed by atoms with Gasteiger partial charge in [-0.05, 0) is 35.4 Å². The summed E-state index contributed by atoms with van der Waals surface area (Å²) in [7, 11) is 1.57. The van der Waals surface area contributed by atoms with E-state index in [1.54, 1.807) is 19.3 Å². The van der Waals surface area contributed by atoms with Gasteiger partial charge in [-0.15, -0.1) is 0 Å². The number of anilines is 2. The number of nitrogens with one attached hydrogen (secondary N) is 2. The van der Waals surface area contributed by atoms with Crippen molar-refractivity contribution in [2.75, 3.05) is 18.1 Å². The fraction of sp³-hybridized carbons (Fsp3) is 0.0769. The average Bonchev–Trinajstić information content (AvgIpc) is 2.39. The second-order valence-electron chi connectivity index (χ2n) is 3.75. The summed E-state index contributed by atoms with van der Waals surface area (Å²) in [5.41, 5.74) is 8.30. The zero-order valence-electron chi connectivity index (χ0n) is 9.97. The van der Waals surface area contributed by atoms with Gasteiger partial charge in [0.2, 0.25) is 0 Å². The first-order chi connectivity index (χ1) is 8.69. The van der Waals surface area contributed by atoms with E-state index < -0.39 is 0 Å². The van der Waals surface area contributed by atoms with Gasteiger partial charge in [-0.25, -0.2) is 9.78 Å². The number of urea groups is 1. The maximum Gasteiger partial charge on any atom is 0.318 e. The van der Waals surface area contributed by atoms with Gasteiger partial charge in [0.25, 0.3) is 0 Å². The molecule has 0 aliphatic heterocycles. The summed E-state index contributed by atoms with van der Waals surface area (Å²) < 4.78 is 0. The van der Waals surface area contributed by atoms with Gasteiger partial charge in [-0.3, -0.25) is 0 Å². The molecule has 0 atom stereocenters. The van der Waals surface area contributed by atoms with E-state index in [1.165, 1.54) is 0 Å². The summed E-state index contributed by atoms with van der Waals surface area (Å²) in [6.07, 6.45) is 1.66. The summed E-state index contributed by atoms with van der Waals surface area (Å²) >= 11 is 0. The van der Waals surface area contributed by atoms with Gasteiger partial charge in [-0.1, -0.05) is 12.1 Å². The molecular formula is C13H14N4O. The van der Waals surface area contributed by atoms with E-state index in [-0.39, 0.29) is 6.03 Å². The Kier molecular flexibility index (Phi) is 3.43.